The minimum absolute atomic E-state index is 0.111. The maximum atomic E-state index is 11.0. The largest absolute Gasteiger partial charge is 0.481 e. The Labute approximate surface area is 135 Å². The van der Waals surface area contributed by atoms with E-state index in [9.17, 15) is 14.9 Å². The summed E-state index contributed by atoms with van der Waals surface area (Å²) in [5, 5.41) is 20.0. The second kappa shape index (κ2) is 6.50. The standard InChI is InChI=1S/C11H8BrN3O4S2/c1-5-8(3-9(16)17)20-11(14-5)21-10-7(15(18)19)2-6(12)4-13-10/h2,4H,3H2,1H3,(H,16,17). The number of thiazole rings is 1. The van der Waals surface area contributed by atoms with Gasteiger partial charge in [-0.05, 0) is 34.6 Å². The van der Waals surface area contributed by atoms with Crippen molar-refractivity contribution in [3.63, 3.8) is 0 Å². The van der Waals surface area contributed by atoms with Crippen LogP contribution in [-0.4, -0.2) is 26.0 Å². The second-order valence-electron chi connectivity index (χ2n) is 3.90. The van der Waals surface area contributed by atoms with Gasteiger partial charge in [0.25, 0.3) is 0 Å². The molecule has 0 fully saturated rings. The molecule has 0 saturated heterocycles. The molecule has 0 unspecified atom stereocenters. The number of nitro groups is 1. The highest BCUT2D eigenvalue weighted by atomic mass is 79.9. The zero-order chi connectivity index (χ0) is 15.6. The number of aryl methyl sites for hydroxylation is 1. The van der Waals surface area contributed by atoms with Gasteiger partial charge in [-0.2, -0.15) is 0 Å². The molecule has 10 heteroatoms. The van der Waals surface area contributed by atoms with Crippen LogP contribution in [0.15, 0.2) is 26.1 Å². The van der Waals surface area contributed by atoms with Crippen molar-refractivity contribution in [2.45, 2.75) is 22.7 Å². The Morgan fingerprint density at radius 2 is 2.33 bits per heavy atom. The smallest absolute Gasteiger partial charge is 0.308 e. The molecule has 2 heterocycles. The van der Waals surface area contributed by atoms with Crippen LogP contribution in [0.25, 0.3) is 0 Å². The third-order valence-corrected chi connectivity index (χ3v) is 5.02. The zero-order valence-corrected chi connectivity index (χ0v) is 13.8. The molecule has 2 aromatic rings. The number of nitrogens with zero attached hydrogens (tertiary/aromatic N) is 3. The van der Waals surface area contributed by atoms with Crippen molar-refractivity contribution in [1.82, 2.24) is 9.97 Å². The van der Waals surface area contributed by atoms with Gasteiger partial charge in [0, 0.05) is 21.6 Å². The van der Waals surface area contributed by atoms with Gasteiger partial charge in [-0.15, -0.1) is 11.3 Å². The van der Waals surface area contributed by atoms with E-state index in [2.05, 4.69) is 25.9 Å². The molecule has 0 aromatic carbocycles. The van der Waals surface area contributed by atoms with Crippen molar-refractivity contribution in [3.05, 3.63) is 37.4 Å². The van der Waals surface area contributed by atoms with E-state index in [1.165, 1.54) is 23.6 Å². The van der Waals surface area contributed by atoms with Crippen LogP contribution in [0.3, 0.4) is 0 Å². The molecular weight excluding hydrogens is 382 g/mol. The summed E-state index contributed by atoms with van der Waals surface area (Å²) < 4.78 is 1.04. The molecule has 2 aromatic heterocycles. The van der Waals surface area contributed by atoms with Gasteiger partial charge in [-0.3, -0.25) is 14.9 Å². The minimum Gasteiger partial charge on any atom is -0.481 e. The van der Waals surface area contributed by atoms with Crippen molar-refractivity contribution < 1.29 is 14.8 Å². The Bertz CT molecular complexity index is 719. The highest BCUT2D eigenvalue weighted by molar-refractivity contribution is 9.10. The van der Waals surface area contributed by atoms with Gasteiger partial charge in [-0.1, -0.05) is 0 Å². The molecule has 0 aliphatic rings. The summed E-state index contributed by atoms with van der Waals surface area (Å²) in [6.45, 7) is 1.71. The molecule has 0 atom stereocenters. The number of carbonyl (C=O) groups is 1. The first-order chi connectivity index (χ1) is 9.86. The van der Waals surface area contributed by atoms with E-state index in [1.807, 2.05) is 0 Å². The predicted molar refractivity (Wildman–Crippen MR) is 80.9 cm³/mol. The van der Waals surface area contributed by atoms with Crippen molar-refractivity contribution in [2.24, 2.45) is 0 Å². The third-order valence-electron chi connectivity index (χ3n) is 2.36. The number of aromatic nitrogens is 2. The van der Waals surface area contributed by atoms with Crippen LogP contribution in [0.1, 0.15) is 10.6 Å². The number of aliphatic carboxylic acids is 1. The van der Waals surface area contributed by atoms with Crippen molar-refractivity contribution in [3.8, 4) is 0 Å². The summed E-state index contributed by atoms with van der Waals surface area (Å²) in [4.78, 5) is 30.1. The molecule has 1 N–H and O–H groups in total. The molecule has 7 nitrogen and oxygen atoms in total. The fraction of sp³-hybridized carbons (Fsp3) is 0.182. The average Bonchev–Trinajstić information content (AvgIpc) is 2.71. The lowest BCUT2D eigenvalue weighted by Crippen LogP contribution is -1.99. The van der Waals surface area contributed by atoms with Crippen molar-refractivity contribution in [2.75, 3.05) is 0 Å². The number of pyridine rings is 1. The van der Waals surface area contributed by atoms with Gasteiger partial charge < -0.3 is 5.11 Å². The molecule has 0 saturated carbocycles. The van der Waals surface area contributed by atoms with Crippen LogP contribution in [-0.2, 0) is 11.2 Å². The summed E-state index contributed by atoms with van der Waals surface area (Å²) in [6, 6.07) is 1.37. The maximum Gasteiger partial charge on any atom is 0.308 e. The molecular formula is C11H8BrN3O4S2. The summed E-state index contributed by atoms with van der Waals surface area (Å²) in [5.41, 5.74) is 0.492. The highest BCUT2D eigenvalue weighted by Gasteiger charge is 2.20. The number of carboxylic acids is 1. The van der Waals surface area contributed by atoms with Crippen molar-refractivity contribution >= 4 is 50.7 Å². The van der Waals surface area contributed by atoms with Gasteiger partial charge in [0.1, 0.15) is 0 Å². The first-order valence-electron chi connectivity index (χ1n) is 5.52. The molecule has 21 heavy (non-hydrogen) atoms. The molecule has 0 bridgehead atoms. The summed E-state index contributed by atoms with van der Waals surface area (Å²) in [5.74, 6) is -0.939. The number of carboxylic acid groups (broad SMARTS) is 1. The zero-order valence-electron chi connectivity index (χ0n) is 10.6. The SMILES string of the molecule is Cc1nc(Sc2ncc(Br)cc2[N+](=O)[O-])sc1CC(=O)O. The maximum absolute atomic E-state index is 11.0. The van der Waals surface area contributed by atoms with Gasteiger partial charge in [0.2, 0.25) is 0 Å². The Kier molecular flexibility index (Phi) is 4.91. The van der Waals surface area contributed by atoms with Crippen LogP contribution < -0.4 is 0 Å². The Hall–Kier alpha value is -1.52. The Morgan fingerprint density at radius 3 is 2.95 bits per heavy atom. The lowest BCUT2D eigenvalue weighted by atomic mass is 10.3. The number of hydrogen-bond acceptors (Lipinski definition) is 7. The molecule has 2 rings (SSSR count). The highest BCUT2D eigenvalue weighted by Crippen LogP contribution is 2.37. The van der Waals surface area contributed by atoms with E-state index in [1.54, 1.807) is 6.92 Å². The number of halogens is 1. The van der Waals surface area contributed by atoms with E-state index in [0.717, 1.165) is 11.8 Å². The summed E-state index contributed by atoms with van der Waals surface area (Å²) in [7, 11) is 0. The minimum atomic E-state index is -0.939. The van der Waals surface area contributed by atoms with E-state index in [0.29, 0.717) is 19.4 Å². The van der Waals surface area contributed by atoms with E-state index < -0.39 is 10.9 Å². The summed E-state index contributed by atoms with van der Waals surface area (Å²) >= 11 is 5.40. The van der Waals surface area contributed by atoms with Crippen LogP contribution in [0.4, 0.5) is 5.69 Å². The van der Waals surface area contributed by atoms with Gasteiger partial charge in [0.15, 0.2) is 9.37 Å². The average molecular weight is 390 g/mol. The van der Waals surface area contributed by atoms with Crippen LogP contribution in [0.5, 0.6) is 0 Å². The lowest BCUT2D eigenvalue weighted by Gasteiger charge is -1.99. The molecule has 0 radical (unpaired) electrons. The van der Waals surface area contributed by atoms with Crippen LogP contribution in [0, 0.1) is 17.0 Å². The first kappa shape index (κ1) is 15.9. The van der Waals surface area contributed by atoms with Gasteiger partial charge in [-0.25, -0.2) is 9.97 Å². The lowest BCUT2D eigenvalue weighted by molar-refractivity contribution is -0.388. The quantitative estimate of drug-likeness (QED) is 0.617. The normalized spacial score (nSPS) is 10.6. The molecule has 0 spiro atoms. The fourth-order valence-electron chi connectivity index (χ4n) is 1.45. The number of hydrogen-bond donors (Lipinski definition) is 1. The first-order valence-corrected chi connectivity index (χ1v) is 7.95. The van der Waals surface area contributed by atoms with Crippen LogP contribution in [0.2, 0.25) is 0 Å². The van der Waals surface area contributed by atoms with E-state index >= 15 is 0 Å². The number of rotatable bonds is 5. The Morgan fingerprint density at radius 1 is 1.62 bits per heavy atom. The van der Waals surface area contributed by atoms with E-state index in [-0.39, 0.29) is 17.1 Å². The topological polar surface area (TPSA) is 106 Å². The molecule has 0 amide bonds. The van der Waals surface area contributed by atoms with E-state index in [4.69, 9.17) is 5.11 Å². The van der Waals surface area contributed by atoms with Crippen molar-refractivity contribution in [1.29, 1.82) is 0 Å². The molecule has 0 aliphatic carbocycles. The third kappa shape index (κ3) is 3.99. The van der Waals surface area contributed by atoms with Crippen LogP contribution >= 0.6 is 39.0 Å². The monoisotopic (exact) mass is 389 g/mol. The van der Waals surface area contributed by atoms with Gasteiger partial charge in [0.05, 0.1) is 17.0 Å². The second-order valence-corrected chi connectivity index (χ2v) is 7.13. The molecule has 0 aliphatic heterocycles. The summed E-state index contributed by atoms with van der Waals surface area (Å²) in [6.07, 6.45) is 1.36. The Balaban J connectivity index is 2.30. The predicted octanol–water partition coefficient (Wildman–Crippen LogP) is 3.30. The fourth-order valence-corrected chi connectivity index (χ4v) is 3.95. The van der Waals surface area contributed by atoms with Gasteiger partial charge >= 0.3 is 11.7 Å². The molecule has 110 valence electrons.